The van der Waals surface area contributed by atoms with E-state index in [4.69, 9.17) is 14.5 Å². The molecule has 1 aliphatic rings. The van der Waals surface area contributed by atoms with Crippen molar-refractivity contribution in [1.82, 2.24) is 4.57 Å². The summed E-state index contributed by atoms with van der Waals surface area (Å²) in [6.07, 6.45) is 2.42. The van der Waals surface area contributed by atoms with Crippen LogP contribution in [0.15, 0.2) is 63.5 Å². The largest absolute Gasteiger partial charge is 0.492 e. The Bertz CT molecular complexity index is 1440. The van der Waals surface area contributed by atoms with Gasteiger partial charge in [0.15, 0.2) is 4.80 Å². The molecule has 0 fully saturated rings. The number of halogens is 2. The third-order valence-electron chi connectivity index (χ3n) is 5.37. The molecule has 2 aromatic carbocycles. The lowest BCUT2D eigenvalue weighted by Crippen LogP contribution is -2.40. The van der Waals surface area contributed by atoms with Crippen molar-refractivity contribution in [2.75, 3.05) is 13.7 Å². The van der Waals surface area contributed by atoms with Crippen LogP contribution in [0.3, 0.4) is 0 Å². The van der Waals surface area contributed by atoms with Crippen molar-refractivity contribution >= 4 is 68.6 Å². The number of methoxy groups -OCH3 is 1. The molecule has 0 unspecified atom stereocenters. The predicted molar refractivity (Wildman–Crippen MR) is 150 cm³/mol. The number of hydrogen-bond acceptors (Lipinski definition) is 6. The highest BCUT2D eigenvalue weighted by molar-refractivity contribution is 14.1. The molecule has 1 aromatic heterocycles. The van der Waals surface area contributed by atoms with E-state index in [-0.39, 0.29) is 5.56 Å². The van der Waals surface area contributed by atoms with Crippen molar-refractivity contribution in [2.45, 2.75) is 26.3 Å². The fourth-order valence-electron chi connectivity index (χ4n) is 3.91. The van der Waals surface area contributed by atoms with Gasteiger partial charge in [-0.1, -0.05) is 48.6 Å². The molecule has 2 heterocycles. The zero-order chi connectivity index (χ0) is 24.4. The Balaban J connectivity index is 1.95. The van der Waals surface area contributed by atoms with Gasteiger partial charge in [-0.3, -0.25) is 9.36 Å². The van der Waals surface area contributed by atoms with Crippen molar-refractivity contribution < 1.29 is 14.3 Å². The maximum absolute atomic E-state index is 13.7. The van der Waals surface area contributed by atoms with Crippen molar-refractivity contribution in [3.05, 3.63) is 91.7 Å². The van der Waals surface area contributed by atoms with Crippen molar-refractivity contribution in [3.63, 3.8) is 0 Å². The molecule has 1 atom stereocenters. The van der Waals surface area contributed by atoms with Crippen LogP contribution in [-0.4, -0.2) is 24.3 Å². The van der Waals surface area contributed by atoms with E-state index >= 15 is 0 Å². The van der Waals surface area contributed by atoms with E-state index in [1.54, 1.807) is 4.57 Å². The first-order valence-electron chi connectivity index (χ1n) is 10.7. The van der Waals surface area contributed by atoms with Gasteiger partial charge in [0.05, 0.1) is 42.7 Å². The van der Waals surface area contributed by atoms with E-state index in [9.17, 15) is 9.59 Å². The van der Waals surface area contributed by atoms with Crippen LogP contribution in [0.5, 0.6) is 5.75 Å². The van der Waals surface area contributed by atoms with Gasteiger partial charge < -0.3 is 9.47 Å². The van der Waals surface area contributed by atoms with Crippen LogP contribution >= 0.6 is 56.5 Å². The molecule has 34 heavy (non-hydrogen) atoms. The summed E-state index contributed by atoms with van der Waals surface area (Å²) in [6, 6.07) is 12.9. The molecule has 1 aliphatic heterocycles. The van der Waals surface area contributed by atoms with Gasteiger partial charge in [0, 0.05) is 0 Å². The maximum Gasteiger partial charge on any atom is 0.338 e. The number of esters is 1. The van der Waals surface area contributed by atoms with Crippen LogP contribution < -0.4 is 19.6 Å². The summed E-state index contributed by atoms with van der Waals surface area (Å²) in [5.74, 6) is 0.376. The first-order valence-corrected chi connectivity index (χ1v) is 13.7. The topological polar surface area (TPSA) is 69.9 Å². The first kappa shape index (κ1) is 25.1. The number of benzene rings is 2. The molecule has 0 radical (unpaired) electrons. The summed E-state index contributed by atoms with van der Waals surface area (Å²) >= 11 is 5.83. The third-order valence-corrected chi connectivity index (χ3v) is 7.96. The lowest BCUT2D eigenvalue weighted by molar-refractivity contribution is -0.136. The normalized spacial score (nSPS) is 15.7. The summed E-state index contributed by atoms with van der Waals surface area (Å²) < 4.78 is 15.0. The second-order valence-corrected chi connectivity index (χ2v) is 10.8. The molecule has 9 heteroatoms. The predicted octanol–water partition coefficient (Wildman–Crippen LogP) is 4.41. The second kappa shape index (κ2) is 10.7. The molecule has 0 bridgehead atoms. The minimum atomic E-state index is -0.595. The number of aromatic nitrogens is 1. The average Bonchev–Trinajstić information content (AvgIpc) is 3.14. The number of rotatable bonds is 6. The highest BCUT2D eigenvalue weighted by Crippen LogP contribution is 2.32. The highest BCUT2D eigenvalue weighted by atomic mass is 127. The van der Waals surface area contributed by atoms with Crippen LogP contribution in [0.25, 0.3) is 6.08 Å². The van der Waals surface area contributed by atoms with Gasteiger partial charge in [-0.25, -0.2) is 9.79 Å². The number of carbonyl (C=O) groups is 1. The van der Waals surface area contributed by atoms with Crippen molar-refractivity contribution in [2.24, 2.45) is 4.99 Å². The molecular formula is C25H22I2N2O4S. The van der Waals surface area contributed by atoms with E-state index in [2.05, 4.69) is 45.2 Å². The molecular weight excluding hydrogens is 678 g/mol. The summed E-state index contributed by atoms with van der Waals surface area (Å²) in [6.45, 7) is 4.49. The average molecular weight is 700 g/mol. The molecule has 176 valence electrons. The molecule has 3 aromatic rings. The second-order valence-electron chi connectivity index (χ2n) is 7.45. The zero-order valence-corrected chi connectivity index (χ0v) is 23.9. The van der Waals surface area contributed by atoms with Gasteiger partial charge in [0.2, 0.25) is 0 Å². The van der Waals surface area contributed by atoms with Crippen LogP contribution in [0, 0.1) is 7.14 Å². The molecule has 0 N–H and O–H groups in total. The van der Waals surface area contributed by atoms with Gasteiger partial charge in [-0.2, -0.15) is 0 Å². The Morgan fingerprint density at radius 1 is 1.18 bits per heavy atom. The Morgan fingerprint density at radius 2 is 1.85 bits per heavy atom. The van der Waals surface area contributed by atoms with E-state index in [1.165, 1.54) is 18.4 Å². The molecule has 0 spiro atoms. The van der Waals surface area contributed by atoms with Gasteiger partial charge in [0.1, 0.15) is 5.75 Å². The van der Waals surface area contributed by atoms with Crippen LogP contribution in [0.1, 0.15) is 37.4 Å². The Hall–Kier alpha value is -1.99. The van der Waals surface area contributed by atoms with Crippen LogP contribution in [-0.2, 0) is 9.53 Å². The Labute approximate surface area is 228 Å². The molecule has 4 rings (SSSR count). The SMILES string of the molecule is CCOc1c(I)cc(/C=c2\sc3n(c2=O)[C@@H](c2ccccc2)C(C(=O)OC)=C(CC)N=3)cc1I. The van der Waals surface area contributed by atoms with Crippen molar-refractivity contribution in [1.29, 1.82) is 0 Å². The third kappa shape index (κ3) is 4.74. The molecule has 0 saturated heterocycles. The van der Waals surface area contributed by atoms with Gasteiger partial charge in [-0.15, -0.1) is 0 Å². The minimum Gasteiger partial charge on any atom is -0.492 e. The summed E-state index contributed by atoms with van der Waals surface area (Å²) in [7, 11) is 1.35. The van der Waals surface area contributed by atoms with Gasteiger partial charge in [0.25, 0.3) is 5.56 Å². The van der Waals surface area contributed by atoms with E-state index < -0.39 is 12.0 Å². The number of carbonyl (C=O) groups excluding carboxylic acids is 1. The summed E-state index contributed by atoms with van der Waals surface area (Å²) in [5.41, 5.74) is 2.59. The van der Waals surface area contributed by atoms with E-state index in [0.717, 1.165) is 24.0 Å². The molecule has 0 aliphatic carbocycles. The van der Waals surface area contributed by atoms with E-state index in [1.807, 2.05) is 62.4 Å². The summed E-state index contributed by atoms with van der Waals surface area (Å²) in [5, 5.41) is 0. The number of ether oxygens (including phenoxy) is 2. The zero-order valence-electron chi connectivity index (χ0n) is 18.8. The standard InChI is InChI=1S/C25H22I2N2O4S/c1-4-18-20(24(31)32-3)21(15-9-7-6-8-10-15)29-23(30)19(34-25(29)28-18)13-14-11-16(26)22(33-5-2)17(27)12-14/h6-13,21H,4-5H2,1-3H3/b19-13-/t21-/m0/s1. The first-order chi connectivity index (χ1) is 16.4. The number of allylic oxidation sites excluding steroid dienone is 1. The van der Waals surface area contributed by atoms with E-state index in [0.29, 0.717) is 33.6 Å². The van der Waals surface area contributed by atoms with Crippen LogP contribution in [0.4, 0.5) is 0 Å². The van der Waals surface area contributed by atoms with Gasteiger partial charge >= 0.3 is 5.97 Å². The smallest absolute Gasteiger partial charge is 0.338 e. The van der Waals surface area contributed by atoms with Crippen LogP contribution in [0.2, 0.25) is 0 Å². The monoisotopic (exact) mass is 700 g/mol. The molecule has 0 saturated carbocycles. The lowest BCUT2D eigenvalue weighted by atomic mass is 9.95. The quantitative estimate of drug-likeness (QED) is 0.283. The maximum atomic E-state index is 13.7. The van der Waals surface area contributed by atoms with Crippen molar-refractivity contribution in [3.8, 4) is 5.75 Å². The fraction of sp³-hybridized carbons (Fsp3) is 0.240. The summed E-state index contributed by atoms with van der Waals surface area (Å²) in [4.78, 5) is 31.8. The Morgan fingerprint density at radius 3 is 2.44 bits per heavy atom. The van der Waals surface area contributed by atoms with Gasteiger partial charge in [-0.05, 0) is 87.9 Å². The number of nitrogens with zero attached hydrogens (tertiary/aromatic N) is 2. The Kier molecular flexibility index (Phi) is 7.93. The number of fused-ring (bicyclic) bond motifs is 1. The fourth-order valence-corrected chi connectivity index (χ4v) is 7.06. The molecule has 0 amide bonds. The minimum absolute atomic E-state index is 0.187. The lowest BCUT2D eigenvalue weighted by Gasteiger charge is -2.25. The number of thiazole rings is 1. The molecule has 6 nitrogen and oxygen atoms in total. The highest BCUT2D eigenvalue weighted by Gasteiger charge is 2.33. The number of hydrogen-bond donors (Lipinski definition) is 0.